The molecule has 94 valence electrons. The average molecular weight is 237 g/mol. The van der Waals surface area contributed by atoms with Crippen molar-refractivity contribution in [2.75, 3.05) is 39.8 Å². The van der Waals surface area contributed by atoms with Gasteiger partial charge in [-0.1, -0.05) is 12.1 Å². The Balaban J connectivity index is 2.00. The van der Waals surface area contributed by atoms with E-state index in [1.807, 2.05) is 13.1 Å². The Kier molecular flexibility index (Phi) is 4.48. The van der Waals surface area contributed by atoms with Crippen molar-refractivity contribution in [3.05, 3.63) is 35.6 Å². The average Bonchev–Trinajstić information content (AvgIpc) is 2.37. The zero-order valence-corrected chi connectivity index (χ0v) is 10.2. The molecule has 1 aliphatic rings. The molecule has 2 rings (SSSR count). The first kappa shape index (κ1) is 12.5. The lowest BCUT2D eigenvalue weighted by Gasteiger charge is -2.31. The number of halogens is 1. The first-order valence-corrected chi connectivity index (χ1v) is 6.15. The normalized spacial score (nSPS) is 19.2. The minimum Gasteiger partial charge on any atom is -0.314 e. The summed E-state index contributed by atoms with van der Waals surface area (Å²) in [5.41, 5.74) is 1.02. The maximum atomic E-state index is 13.2. The fraction of sp³-hybridized carbons (Fsp3) is 0.538. The van der Waals surface area contributed by atoms with Gasteiger partial charge in [0, 0.05) is 38.8 Å². The molecule has 1 aromatic carbocycles. The van der Waals surface area contributed by atoms with Crippen LogP contribution >= 0.6 is 0 Å². The zero-order chi connectivity index (χ0) is 12.1. The highest BCUT2D eigenvalue weighted by molar-refractivity contribution is 5.20. The predicted molar refractivity (Wildman–Crippen MR) is 67.5 cm³/mol. The van der Waals surface area contributed by atoms with Crippen LogP contribution in [0.2, 0.25) is 0 Å². The number of hydrogen-bond acceptors (Lipinski definition) is 3. The van der Waals surface area contributed by atoms with E-state index in [0.717, 1.165) is 38.3 Å². The second-order valence-corrected chi connectivity index (χ2v) is 4.45. The van der Waals surface area contributed by atoms with E-state index in [9.17, 15) is 4.39 Å². The van der Waals surface area contributed by atoms with Gasteiger partial charge in [-0.05, 0) is 24.7 Å². The number of nitrogens with zero attached hydrogens (tertiary/aromatic N) is 1. The van der Waals surface area contributed by atoms with E-state index in [2.05, 4.69) is 15.5 Å². The van der Waals surface area contributed by atoms with Crippen LogP contribution in [-0.4, -0.2) is 44.7 Å². The van der Waals surface area contributed by atoms with Gasteiger partial charge in [-0.3, -0.25) is 4.90 Å². The van der Waals surface area contributed by atoms with Gasteiger partial charge in [-0.25, -0.2) is 4.39 Å². The van der Waals surface area contributed by atoms with Crippen molar-refractivity contribution in [2.24, 2.45) is 0 Å². The van der Waals surface area contributed by atoms with Crippen molar-refractivity contribution >= 4 is 0 Å². The molecule has 1 aliphatic heterocycles. The Hall–Kier alpha value is -0.970. The van der Waals surface area contributed by atoms with Gasteiger partial charge < -0.3 is 10.6 Å². The van der Waals surface area contributed by atoms with Crippen LogP contribution in [0.15, 0.2) is 24.3 Å². The molecule has 0 radical (unpaired) electrons. The highest BCUT2D eigenvalue weighted by Crippen LogP contribution is 2.15. The lowest BCUT2D eigenvalue weighted by Crippen LogP contribution is -2.46. The summed E-state index contributed by atoms with van der Waals surface area (Å²) in [7, 11) is 1.93. The SMILES string of the molecule is CNC(CN1CCNCC1)c1cccc(F)c1. The summed E-state index contributed by atoms with van der Waals surface area (Å²) in [6.07, 6.45) is 0. The van der Waals surface area contributed by atoms with Crippen LogP contribution in [0.3, 0.4) is 0 Å². The summed E-state index contributed by atoms with van der Waals surface area (Å²) in [5, 5.41) is 6.60. The molecule has 0 saturated carbocycles. The Morgan fingerprint density at radius 2 is 2.18 bits per heavy atom. The molecule has 1 heterocycles. The third-order valence-corrected chi connectivity index (χ3v) is 3.25. The third-order valence-electron chi connectivity index (χ3n) is 3.25. The van der Waals surface area contributed by atoms with Gasteiger partial charge in [0.1, 0.15) is 5.82 Å². The molecule has 0 aromatic heterocycles. The van der Waals surface area contributed by atoms with E-state index in [-0.39, 0.29) is 11.9 Å². The molecular weight excluding hydrogens is 217 g/mol. The van der Waals surface area contributed by atoms with Gasteiger partial charge in [0.25, 0.3) is 0 Å². The fourth-order valence-electron chi connectivity index (χ4n) is 2.24. The summed E-state index contributed by atoms with van der Waals surface area (Å²) >= 11 is 0. The molecule has 4 heteroatoms. The van der Waals surface area contributed by atoms with E-state index < -0.39 is 0 Å². The van der Waals surface area contributed by atoms with E-state index in [1.54, 1.807) is 12.1 Å². The van der Waals surface area contributed by atoms with Crippen LogP contribution in [0.25, 0.3) is 0 Å². The van der Waals surface area contributed by atoms with Crippen LogP contribution in [-0.2, 0) is 0 Å². The molecule has 1 saturated heterocycles. The zero-order valence-electron chi connectivity index (χ0n) is 10.2. The van der Waals surface area contributed by atoms with Crippen molar-refractivity contribution in [3.63, 3.8) is 0 Å². The molecule has 1 fully saturated rings. The first-order chi connectivity index (χ1) is 8.29. The maximum absolute atomic E-state index is 13.2. The smallest absolute Gasteiger partial charge is 0.123 e. The number of likely N-dealkylation sites (N-methyl/N-ethyl adjacent to an activating group) is 1. The quantitative estimate of drug-likeness (QED) is 0.818. The van der Waals surface area contributed by atoms with Crippen LogP contribution in [0.1, 0.15) is 11.6 Å². The Morgan fingerprint density at radius 1 is 1.41 bits per heavy atom. The van der Waals surface area contributed by atoms with Crippen molar-refractivity contribution < 1.29 is 4.39 Å². The second kappa shape index (κ2) is 6.10. The lowest BCUT2D eigenvalue weighted by molar-refractivity contribution is 0.219. The topological polar surface area (TPSA) is 27.3 Å². The monoisotopic (exact) mass is 237 g/mol. The number of nitrogens with one attached hydrogen (secondary N) is 2. The molecule has 0 bridgehead atoms. The maximum Gasteiger partial charge on any atom is 0.123 e. The van der Waals surface area contributed by atoms with Gasteiger partial charge in [0.15, 0.2) is 0 Å². The van der Waals surface area contributed by atoms with Crippen LogP contribution in [0.4, 0.5) is 4.39 Å². The summed E-state index contributed by atoms with van der Waals surface area (Å²) < 4.78 is 13.2. The Morgan fingerprint density at radius 3 is 2.82 bits per heavy atom. The Labute approximate surface area is 102 Å². The van der Waals surface area contributed by atoms with Gasteiger partial charge in [0.2, 0.25) is 0 Å². The number of piperazine rings is 1. The first-order valence-electron chi connectivity index (χ1n) is 6.15. The molecule has 1 unspecified atom stereocenters. The van der Waals surface area contributed by atoms with Gasteiger partial charge >= 0.3 is 0 Å². The lowest BCUT2D eigenvalue weighted by atomic mass is 10.1. The van der Waals surface area contributed by atoms with Crippen molar-refractivity contribution in [1.29, 1.82) is 0 Å². The van der Waals surface area contributed by atoms with Crippen LogP contribution in [0, 0.1) is 5.82 Å². The summed E-state index contributed by atoms with van der Waals surface area (Å²) in [6, 6.07) is 7.05. The molecule has 0 amide bonds. The van der Waals surface area contributed by atoms with Crippen molar-refractivity contribution in [1.82, 2.24) is 15.5 Å². The molecule has 17 heavy (non-hydrogen) atoms. The van der Waals surface area contributed by atoms with Gasteiger partial charge in [-0.2, -0.15) is 0 Å². The van der Waals surface area contributed by atoms with Gasteiger partial charge in [-0.15, -0.1) is 0 Å². The minimum atomic E-state index is -0.164. The number of benzene rings is 1. The minimum absolute atomic E-state index is 0.164. The van der Waals surface area contributed by atoms with Crippen LogP contribution < -0.4 is 10.6 Å². The summed E-state index contributed by atoms with van der Waals surface area (Å²) in [4.78, 5) is 2.41. The van der Waals surface area contributed by atoms with E-state index >= 15 is 0 Å². The summed E-state index contributed by atoms with van der Waals surface area (Å²) in [6.45, 7) is 5.14. The largest absolute Gasteiger partial charge is 0.314 e. The highest BCUT2D eigenvalue weighted by atomic mass is 19.1. The van der Waals surface area contributed by atoms with Crippen LogP contribution in [0.5, 0.6) is 0 Å². The number of rotatable bonds is 4. The van der Waals surface area contributed by atoms with Crippen molar-refractivity contribution in [2.45, 2.75) is 6.04 Å². The Bertz CT molecular complexity index is 350. The molecule has 0 aliphatic carbocycles. The summed E-state index contributed by atoms with van der Waals surface area (Å²) in [5.74, 6) is -0.164. The third kappa shape index (κ3) is 3.49. The molecule has 2 N–H and O–H groups in total. The van der Waals surface area contributed by atoms with E-state index in [0.29, 0.717) is 0 Å². The number of hydrogen-bond donors (Lipinski definition) is 2. The standard InChI is InChI=1S/C13H20FN3/c1-15-13(10-17-7-5-16-6-8-17)11-3-2-4-12(14)9-11/h2-4,9,13,15-16H,5-8,10H2,1H3. The molecular formula is C13H20FN3. The fourth-order valence-corrected chi connectivity index (χ4v) is 2.24. The molecule has 1 aromatic rings. The molecule has 1 atom stereocenters. The van der Waals surface area contributed by atoms with E-state index in [4.69, 9.17) is 0 Å². The van der Waals surface area contributed by atoms with Gasteiger partial charge in [0.05, 0.1) is 0 Å². The molecule has 3 nitrogen and oxygen atoms in total. The highest BCUT2D eigenvalue weighted by Gasteiger charge is 2.16. The molecule has 0 spiro atoms. The predicted octanol–water partition coefficient (Wildman–Crippen LogP) is 0.991. The second-order valence-electron chi connectivity index (χ2n) is 4.45. The van der Waals surface area contributed by atoms with Crippen molar-refractivity contribution in [3.8, 4) is 0 Å². The van der Waals surface area contributed by atoms with E-state index in [1.165, 1.54) is 6.07 Å².